The molecule has 0 aliphatic rings. The zero-order chi connectivity index (χ0) is 18.8. The lowest BCUT2D eigenvalue weighted by atomic mass is 10.1. The van der Waals surface area contributed by atoms with Gasteiger partial charge < -0.3 is 9.47 Å². The summed E-state index contributed by atoms with van der Waals surface area (Å²) in [5.74, 6) is -6.61. The summed E-state index contributed by atoms with van der Waals surface area (Å²) in [6.45, 7) is 0. The number of hydrogen-bond acceptors (Lipinski definition) is 3. The van der Waals surface area contributed by atoms with E-state index in [1.807, 2.05) is 0 Å². The van der Waals surface area contributed by atoms with Crippen LogP contribution in [0, 0.1) is 11.6 Å². The van der Waals surface area contributed by atoms with Crippen molar-refractivity contribution in [3.63, 3.8) is 0 Å². The second-order valence-electron chi connectivity index (χ2n) is 4.62. The molecular formula is C15H7F7O3. The Labute approximate surface area is 135 Å². The first-order valence-electron chi connectivity index (χ1n) is 6.39. The fourth-order valence-electron chi connectivity index (χ4n) is 1.77. The van der Waals surface area contributed by atoms with Crippen LogP contribution in [-0.4, -0.2) is 12.6 Å². The van der Waals surface area contributed by atoms with E-state index in [9.17, 15) is 35.5 Å². The van der Waals surface area contributed by atoms with Crippen molar-refractivity contribution in [1.82, 2.24) is 0 Å². The van der Waals surface area contributed by atoms with Gasteiger partial charge in [0.15, 0.2) is 11.6 Å². The highest BCUT2D eigenvalue weighted by atomic mass is 19.4. The van der Waals surface area contributed by atoms with Crippen LogP contribution >= 0.6 is 0 Å². The van der Waals surface area contributed by atoms with E-state index in [1.54, 1.807) is 0 Å². The number of halogens is 7. The predicted octanol–water partition coefficient (Wildman–Crippen LogP) is 4.80. The quantitative estimate of drug-likeness (QED) is 0.562. The largest absolute Gasteiger partial charge is 0.573 e. The predicted molar refractivity (Wildman–Crippen MR) is 69.4 cm³/mol. The summed E-state index contributed by atoms with van der Waals surface area (Å²) in [5.41, 5.74) is -0.639. The smallest absolute Gasteiger partial charge is 0.429 e. The third kappa shape index (κ3) is 4.61. The van der Waals surface area contributed by atoms with Crippen LogP contribution in [0.3, 0.4) is 0 Å². The minimum absolute atomic E-state index is 0.102. The molecule has 25 heavy (non-hydrogen) atoms. The Hall–Kier alpha value is -2.78. The van der Waals surface area contributed by atoms with Gasteiger partial charge in [0, 0.05) is 17.7 Å². The molecule has 0 amide bonds. The van der Waals surface area contributed by atoms with Gasteiger partial charge in [-0.15, -0.1) is 13.2 Å². The zero-order valence-corrected chi connectivity index (χ0v) is 11.9. The first-order chi connectivity index (χ1) is 11.5. The Morgan fingerprint density at radius 1 is 0.840 bits per heavy atom. The maximum atomic E-state index is 13.9. The van der Waals surface area contributed by atoms with Crippen molar-refractivity contribution in [3.05, 3.63) is 59.2 Å². The Balaban J connectivity index is 2.28. The van der Waals surface area contributed by atoms with E-state index in [2.05, 4.69) is 9.47 Å². The van der Waals surface area contributed by atoms with Gasteiger partial charge in [-0.1, -0.05) is 12.1 Å². The molecule has 0 saturated carbocycles. The summed E-state index contributed by atoms with van der Waals surface area (Å²) in [6, 6.07) is 4.05. The molecule has 0 heterocycles. The van der Waals surface area contributed by atoms with Crippen molar-refractivity contribution in [3.8, 4) is 11.5 Å². The van der Waals surface area contributed by atoms with Crippen LogP contribution in [0.25, 0.3) is 0 Å². The van der Waals surface area contributed by atoms with Crippen molar-refractivity contribution in [2.24, 2.45) is 0 Å². The van der Waals surface area contributed by atoms with E-state index in [0.29, 0.717) is 6.29 Å². The molecule has 0 fully saturated rings. The molecule has 0 unspecified atom stereocenters. The molecule has 0 bridgehead atoms. The van der Waals surface area contributed by atoms with Crippen molar-refractivity contribution in [1.29, 1.82) is 0 Å². The fourth-order valence-corrected chi connectivity index (χ4v) is 1.77. The average Bonchev–Trinajstić information content (AvgIpc) is 2.50. The van der Waals surface area contributed by atoms with E-state index in [4.69, 9.17) is 0 Å². The summed E-state index contributed by atoms with van der Waals surface area (Å²) < 4.78 is 98.2. The SMILES string of the molecule is O=Cc1ccc(C(F)(F)Oc2cc(F)c(OC(F)(F)F)c(F)c2)cc1. The van der Waals surface area contributed by atoms with Gasteiger partial charge in [0.25, 0.3) is 0 Å². The molecule has 134 valence electrons. The van der Waals surface area contributed by atoms with E-state index >= 15 is 0 Å². The molecular weight excluding hydrogens is 361 g/mol. The van der Waals surface area contributed by atoms with E-state index in [0.717, 1.165) is 24.3 Å². The summed E-state index contributed by atoms with van der Waals surface area (Å²) in [7, 11) is 0. The summed E-state index contributed by atoms with van der Waals surface area (Å²) >= 11 is 0. The van der Waals surface area contributed by atoms with E-state index in [1.165, 1.54) is 0 Å². The van der Waals surface area contributed by atoms with Crippen molar-refractivity contribution >= 4 is 6.29 Å². The Kier molecular flexibility index (Phi) is 4.91. The number of aldehydes is 1. The maximum absolute atomic E-state index is 13.9. The standard InChI is InChI=1S/C15H7F7O3/c16-11-5-10(6-12(17)13(11)25-15(20,21)22)24-14(18,19)9-3-1-8(7-23)2-4-9/h1-7H. The van der Waals surface area contributed by atoms with Crippen LogP contribution in [0.2, 0.25) is 0 Å². The summed E-state index contributed by atoms with van der Waals surface area (Å²) in [4.78, 5) is 10.5. The highest BCUT2D eigenvalue weighted by Crippen LogP contribution is 2.36. The Morgan fingerprint density at radius 2 is 1.36 bits per heavy atom. The Bertz CT molecular complexity index is 747. The van der Waals surface area contributed by atoms with E-state index in [-0.39, 0.29) is 17.7 Å². The van der Waals surface area contributed by atoms with Gasteiger partial charge in [-0.05, 0) is 12.1 Å². The van der Waals surface area contributed by atoms with Gasteiger partial charge in [-0.2, -0.15) is 8.78 Å². The van der Waals surface area contributed by atoms with Gasteiger partial charge in [-0.25, -0.2) is 8.78 Å². The van der Waals surface area contributed by atoms with Gasteiger partial charge >= 0.3 is 12.5 Å². The lowest BCUT2D eigenvalue weighted by Crippen LogP contribution is -2.22. The van der Waals surface area contributed by atoms with Crippen LogP contribution in [0.4, 0.5) is 30.7 Å². The topological polar surface area (TPSA) is 35.5 Å². The lowest BCUT2D eigenvalue weighted by Gasteiger charge is -2.19. The molecule has 0 aliphatic heterocycles. The average molecular weight is 368 g/mol. The summed E-state index contributed by atoms with van der Waals surface area (Å²) in [5, 5.41) is 0. The van der Waals surface area contributed by atoms with Gasteiger partial charge in [0.1, 0.15) is 12.0 Å². The maximum Gasteiger partial charge on any atom is 0.573 e. The molecule has 10 heteroatoms. The minimum Gasteiger partial charge on any atom is -0.429 e. The number of ether oxygens (including phenoxy) is 2. The highest BCUT2D eigenvalue weighted by molar-refractivity contribution is 5.74. The second kappa shape index (κ2) is 6.61. The second-order valence-corrected chi connectivity index (χ2v) is 4.62. The lowest BCUT2D eigenvalue weighted by molar-refractivity contribution is -0.276. The number of alkyl halides is 5. The molecule has 0 atom stereocenters. The number of rotatable bonds is 5. The van der Waals surface area contributed by atoms with Gasteiger partial charge in [0.2, 0.25) is 5.75 Å². The highest BCUT2D eigenvalue weighted by Gasteiger charge is 2.37. The molecule has 0 aliphatic carbocycles. The fraction of sp³-hybridized carbons (Fsp3) is 0.133. The molecule has 0 N–H and O–H groups in total. The summed E-state index contributed by atoms with van der Waals surface area (Å²) in [6.07, 6.45) is -9.02. The molecule has 0 radical (unpaired) electrons. The third-order valence-electron chi connectivity index (χ3n) is 2.82. The first kappa shape index (κ1) is 18.6. The number of hydrogen-bond donors (Lipinski definition) is 0. The first-order valence-corrected chi connectivity index (χ1v) is 6.39. The molecule has 2 rings (SSSR count). The van der Waals surface area contributed by atoms with Crippen LogP contribution in [0.1, 0.15) is 15.9 Å². The Morgan fingerprint density at radius 3 is 1.80 bits per heavy atom. The molecule has 2 aromatic carbocycles. The van der Waals surface area contributed by atoms with Crippen LogP contribution in [-0.2, 0) is 6.11 Å². The number of carbonyl (C=O) groups is 1. The van der Waals surface area contributed by atoms with Crippen LogP contribution < -0.4 is 9.47 Å². The van der Waals surface area contributed by atoms with Crippen molar-refractivity contribution in [2.45, 2.75) is 12.5 Å². The molecule has 2 aromatic rings. The molecule has 0 aromatic heterocycles. The third-order valence-corrected chi connectivity index (χ3v) is 2.82. The van der Waals surface area contributed by atoms with E-state index < -0.39 is 41.2 Å². The van der Waals surface area contributed by atoms with Gasteiger partial charge in [0.05, 0.1) is 5.56 Å². The monoisotopic (exact) mass is 368 g/mol. The molecule has 0 spiro atoms. The zero-order valence-electron chi connectivity index (χ0n) is 11.9. The normalized spacial score (nSPS) is 12.0. The molecule has 3 nitrogen and oxygen atoms in total. The van der Waals surface area contributed by atoms with Crippen molar-refractivity contribution in [2.75, 3.05) is 0 Å². The minimum atomic E-state index is -5.37. The van der Waals surface area contributed by atoms with Gasteiger partial charge in [-0.3, -0.25) is 4.79 Å². The number of benzene rings is 2. The van der Waals surface area contributed by atoms with Crippen LogP contribution in [0.15, 0.2) is 36.4 Å². The van der Waals surface area contributed by atoms with Crippen LogP contribution in [0.5, 0.6) is 11.5 Å². The number of carbonyl (C=O) groups excluding carboxylic acids is 1. The molecule has 0 saturated heterocycles. The van der Waals surface area contributed by atoms with Crippen molar-refractivity contribution < 1.29 is 45.0 Å².